The molecule has 4 rings (SSSR count). The van der Waals surface area contributed by atoms with Gasteiger partial charge in [-0.15, -0.1) is 11.3 Å². The fourth-order valence-electron chi connectivity index (χ4n) is 3.34. The normalized spacial score (nSPS) is 11.8. The average molecular weight is 434 g/mol. The second-order valence-corrected chi connectivity index (χ2v) is 8.33. The predicted octanol–water partition coefficient (Wildman–Crippen LogP) is 5.08. The third-order valence-corrected chi connectivity index (χ3v) is 6.17. The van der Waals surface area contributed by atoms with E-state index in [1.165, 1.54) is 11.3 Å². The van der Waals surface area contributed by atoms with Crippen LogP contribution in [0.3, 0.4) is 0 Å². The van der Waals surface area contributed by atoms with Crippen LogP contribution in [0, 0.1) is 6.92 Å². The molecule has 7 nitrogen and oxygen atoms in total. The highest BCUT2D eigenvalue weighted by Gasteiger charge is 2.17. The maximum atomic E-state index is 12.7. The number of aryl methyl sites for hydroxylation is 2. The highest BCUT2D eigenvalue weighted by molar-refractivity contribution is 7.20. The van der Waals surface area contributed by atoms with Crippen molar-refractivity contribution in [1.82, 2.24) is 15.1 Å². The first-order valence-electron chi connectivity index (χ1n) is 9.88. The number of nitrogens with zero attached hydrogens (tertiary/aromatic N) is 2. The number of aromatic nitrogens is 2. The van der Waals surface area contributed by atoms with Crippen molar-refractivity contribution < 1.29 is 9.59 Å². The highest BCUT2D eigenvalue weighted by atomic mass is 32.1. The Morgan fingerprint density at radius 3 is 2.29 bits per heavy atom. The van der Waals surface area contributed by atoms with E-state index in [1.54, 1.807) is 4.68 Å². The van der Waals surface area contributed by atoms with E-state index in [9.17, 15) is 9.59 Å². The van der Waals surface area contributed by atoms with Crippen molar-refractivity contribution in [3.8, 4) is 0 Å². The summed E-state index contributed by atoms with van der Waals surface area (Å²) in [6, 6.07) is 18.1. The molecule has 4 aromatic rings. The third kappa shape index (κ3) is 4.59. The number of urea groups is 1. The number of fused-ring (bicyclic) bond motifs is 1. The summed E-state index contributed by atoms with van der Waals surface area (Å²) in [5, 5.41) is 14.0. The van der Waals surface area contributed by atoms with Crippen molar-refractivity contribution in [2.75, 3.05) is 10.6 Å². The zero-order valence-corrected chi connectivity index (χ0v) is 18.3. The predicted molar refractivity (Wildman–Crippen MR) is 125 cm³/mol. The number of para-hydroxylation sites is 1. The molecule has 2 heterocycles. The van der Waals surface area contributed by atoms with E-state index in [0.717, 1.165) is 27.2 Å². The summed E-state index contributed by atoms with van der Waals surface area (Å²) in [6.45, 7) is 3.87. The van der Waals surface area contributed by atoms with Crippen LogP contribution < -0.4 is 16.0 Å². The number of rotatable bonds is 5. The van der Waals surface area contributed by atoms with Gasteiger partial charge in [-0.05, 0) is 49.7 Å². The summed E-state index contributed by atoms with van der Waals surface area (Å²) in [7, 11) is 1.88. The molecule has 0 aliphatic rings. The molecular formula is C23H23N5O2S. The number of carbonyl (C=O) groups is 2. The Balaban J connectivity index is 1.37. The Kier molecular flexibility index (Phi) is 5.73. The molecule has 0 fully saturated rings. The van der Waals surface area contributed by atoms with Crippen molar-refractivity contribution in [1.29, 1.82) is 0 Å². The van der Waals surface area contributed by atoms with Gasteiger partial charge in [0.25, 0.3) is 5.91 Å². The third-order valence-electron chi connectivity index (χ3n) is 4.97. The number of benzene rings is 2. The van der Waals surface area contributed by atoms with Gasteiger partial charge in [-0.1, -0.05) is 30.3 Å². The van der Waals surface area contributed by atoms with Gasteiger partial charge in [0.15, 0.2) is 0 Å². The first kappa shape index (κ1) is 20.6. The topological polar surface area (TPSA) is 88.1 Å². The molecular weight excluding hydrogens is 410 g/mol. The van der Waals surface area contributed by atoms with E-state index in [2.05, 4.69) is 21.0 Å². The lowest BCUT2D eigenvalue weighted by atomic mass is 10.1. The van der Waals surface area contributed by atoms with E-state index in [-0.39, 0.29) is 18.0 Å². The van der Waals surface area contributed by atoms with Crippen LogP contribution >= 0.6 is 11.3 Å². The van der Waals surface area contributed by atoms with Crippen LogP contribution in [0.5, 0.6) is 0 Å². The van der Waals surface area contributed by atoms with E-state index >= 15 is 0 Å². The monoisotopic (exact) mass is 433 g/mol. The number of thiophene rings is 1. The quantitative estimate of drug-likeness (QED) is 0.410. The van der Waals surface area contributed by atoms with Gasteiger partial charge in [-0.3, -0.25) is 9.48 Å². The van der Waals surface area contributed by atoms with Crippen LogP contribution in [0.4, 0.5) is 16.2 Å². The van der Waals surface area contributed by atoms with Crippen LogP contribution in [0.25, 0.3) is 10.2 Å². The smallest absolute Gasteiger partial charge is 0.323 e. The van der Waals surface area contributed by atoms with Gasteiger partial charge in [0.1, 0.15) is 4.83 Å². The maximum Gasteiger partial charge on any atom is 0.323 e. The number of carbonyl (C=O) groups excluding carboxylic acids is 2. The van der Waals surface area contributed by atoms with Crippen molar-refractivity contribution in [3.63, 3.8) is 0 Å². The molecule has 0 saturated carbocycles. The summed E-state index contributed by atoms with van der Waals surface area (Å²) in [5.41, 5.74) is 3.25. The van der Waals surface area contributed by atoms with Crippen LogP contribution in [-0.2, 0) is 7.05 Å². The van der Waals surface area contributed by atoms with Gasteiger partial charge < -0.3 is 16.0 Å². The molecule has 31 heavy (non-hydrogen) atoms. The summed E-state index contributed by atoms with van der Waals surface area (Å²) in [5.74, 6) is -0.113. The zero-order valence-electron chi connectivity index (χ0n) is 17.5. The Morgan fingerprint density at radius 2 is 1.65 bits per heavy atom. The van der Waals surface area contributed by atoms with Crippen LogP contribution in [-0.4, -0.2) is 21.7 Å². The van der Waals surface area contributed by atoms with E-state index in [1.807, 2.05) is 81.6 Å². The van der Waals surface area contributed by atoms with Crippen LogP contribution in [0.1, 0.15) is 33.9 Å². The molecule has 1 unspecified atom stereocenters. The van der Waals surface area contributed by atoms with Crippen molar-refractivity contribution in [2.45, 2.75) is 19.9 Å². The molecule has 0 radical (unpaired) electrons. The van der Waals surface area contributed by atoms with Crippen molar-refractivity contribution in [2.24, 2.45) is 7.05 Å². The SMILES string of the molecule is Cc1nn(C)c2sc(C(=O)NC(C)c3ccc(NC(=O)Nc4ccccc4)cc3)cc12. The molecule has 0 bridgehead atoms. The zero-order chi connectivity index (χ0) is 22.0. The minimum absolute atomic E-state index is 0.113. The molecule has 2 aromatic heterocycles. The van der Waals surface area contributed by atoms with Crippen molar-refractivity contribution >= 4 is 44.9 Å². The van der Waals surface area contributed by atoms with Gasteiger partial charge in [-0.25, -0.2) is 4.79 Å². The molecule has 1 atom stereocenters. The molecule has 158 valence electrons. The molecule has 0 aliphatic carbocycles. The average Bonchev–Trinajstić information content (AvgIpc) is 3.30. The fraction of sp³-hybridized carbons (Fsp3) is 0.174. The largest absolute Gasteiger partial charge is 0.345 e. The Labute approximate surface area is 184 Å². The highest BCUT2D eigenvalue weighted by Crippen LogP contribution is 2.28. The lowest BCUT2D eigenvalue weighted by Crippen LogP contribution is -2.26. The van der Waals surface area contributed by atoms with Crippen molar-refractivity contribution in [3.05, 3.63) is 76.8 Å². The molecule has 3 amide bonds. The summed E-state index contributed by atoms with van der Waals surface area (Å²) >= 11 is 1.43. The maximum absolute atomic E-state index is 12.7. The molecule has 2 aromatic carbocycles. The van der Waals surface area contributed by atoms with Gasteiger partial charge >= 0.3 is 6.03 Å². The molecule has 3 N–H and O–H groups in total. The summed E-state index contributed by atoms with van der Waals surface area (Å²) < 4.78 is 1.80. The van der Waals surface area contributed by atoms with Gasteiger partial charge in [-0.2, -0.15) is 5.10 Å². The number of amides is 3. The van der Waals surface area contributed by atoms with Crippen LogP contribution in [0.2, 0.25) is 0 Å². The van der Waals surface area contributed by atoms with Gasteiger partial charge in [0, 0.05) is 23.8 Å². The van der Waals surface area contributed by atoms with E-state index in [4.69, 9.17) is 0 Å². The standard InChI is InChI=1S/C23H23N5O2S/c1-14(24-21(29)20-13-19-15(2)27-28(3)22(19)31-20)16-9-11-18(12-10-16)26-23(30)25-17-7-5-4-6-8-17/h4-14H,1-3H3,(H,24,29)(H2,25,26,30). The van der Waals surface area contributed by atoms with Gasteiger partial charge in [0.05, 0.1) is 16.6 Å². The molecule has 0 aliphatic heterocycles. The Bertz CT molecular complexity index is 1190. The minimum Gasteiger partial charge on any atom is -0.345 e. The Morgan fingerprint density at radius 1 is 1.00 bits per heavy atom. The first-order valence-corrected chi connectivity index (χ1v) is 10.7. The lowest BCUT2D eigenvalue weighted by Gasteiger charge is -2.14. The van der Waals surface area contributed by atoms with E-state index < -0.39 is 0 Å². The Hall–Kier alpha value is -3.65. The molecule has 8 heteroatoms. The minimum atomic E-state index is -0.310. The number of hydrogen-bond donors (Lipinski definition) is 3. The number of hydrogen-bond acceptors (Lipinski definition) is 4. The second-order valence-electron chi connectivity index (χ2n) is 7.30. The fourth-order valence-corrected chi connectivity index (χ4v) is 4.36. The summed E-state index contributed by atoms with van der Waals surface area (Å²) in [4.78, 5) is 26.5. The van der Waals surface area contributed by atoms with E-state index in [0.29, 0.717) is 10.6 Å². The number of nitrogens with one attached hydrogen (secondary N) is 3. The second kappa shape index (κ2) is 8.61. The lowest BCUT2D eigenvalue weighted by molar-refractivity contribution is 0.0944. The molecule has 0 spiro atoms. The molecule has 0 saturated heterocycles. The first-order chi connectivity index (χ1) is 14.9. The van der Waals surface area contributed by atoms with Crippen LogP contribution in [0.15, 0.2) is 60.7 Å². The van der Waals surface area contributed by atoms with Gasteiger partial charge in [0.2, 0.25) is 0 Å². The number of anilines is 2. The summed E-state index contributed by atoms with van der Waals surface area (Å²) in [6.07, 6.45) is 0.